The highest BCUT2D eigenvalue weighted by Crippen LogP contribution is 2.21. The summed E-state index contributed by atoms with van der Waals surface area (Å²) in [5, 5.41) is 9.81. The first-order valence-electron chi connectivity index (χ1n) is 4.96. The van der Waals surface area contributed by atoms with Crippen molar-refractivity contribution < 1.29 is 0 Å². The zero-order valence-electron chi connectivity index (χ0n) is 9.13. The molecule has 1 aromatic rings. The van der Waals surface area contributed by atoms with E-state index in [1.165, 1.54) is 0 Å². The lowest BCUT2D eigenvalue weighted by Gasteiger charge is -2.23. The number of hydrogen-bond donors (Lipinski definition) is 2. The molecule has 1 heterocycles. The second-order valence-electron chi connectivity index (χ2n) is 3.85. The Kier molecular flexibility index (Phi) is 4.51. The molecule has 0 amide bonds. The predicted molar refractivity (Wildman–Crippen MR) is 61.7 cm³/mol. The smallest absolute Gasteiger partial charge is 0.112 e. The first-order chi connectivity index (χ1) is 6.67. The number of nitrogens with zero attached hydrogens (tertiary/aromatic N) is 1. The second-order valence-corrected chi connectivity index (χ2v) is 4.74. The van der Waals surface area contributed by atoms with Gasteiger partial charge in [-0.15, -0.1) is 11.3 Å². The zero-order chi connectivity index (χ0) is 10.4. The Labute approximate surface area is 89.9 Å². The van der Waals surface area contributed by atoms with E-state index in [1.54, 1.807) is 11.3 Å². The van der Waals surface area contributed by atoms with Crippen molar-refractivity contribution in [2.24, 2.45) is 0 Å². The topological polar surface area (TPSA) is 37.0 Å². The van der Waals surface area contributed by atoms with Crippen LogP contribution in [-0.4, -0.2) is 25.1 Å². The summed E-state index contributed by atoms with van der Waals surface area (Å²) in [5.41, 5.74) is 0.00189. The predicted octanol–water partition coefficient (Wildman–Crippen LogP) is 1.58. The molecule has 0 atom stereocenters. The SMILES string of the molecule is CNCCCNC(C)(C)c1nccs1. The summed E-state index contributed by atoms with van der Waals surface area (Å²) in [6.07, 6.45) is 3.00. The van der Waals surface area contributed by atoms with Crippen molar-refractivity contribution in [3.63, 3.8) is 0 Å². The van der Waals surface area contributed by atoms with Gasteiger partial charge in [-0.3, -0.25) is 0 Å². The number of thiazole rings is 1. The van der Waals surface area contributed by atoms with Crippen molar-refractivity contribution in [3.8, 4) is 0 Å². The van der Waals surface area contributed by atoms with Crippen LogP contribution < -0.4 is 10.6 Å². The van der Waals surface area contributed by atoms with Gasteiger partial charge in [-0.2, -0.15) is 0 Å². The molecular formula is C10H19N3S. The number of aromatic nitrogens is 1. The van der Waals surface area contributed by atoms with E-state index in [9.17, 15) is 0 Å². The van der Waals surface area contributed by atoms with Gasteiger partial charge in [0, 0.05) is 11.6 Å². The summed E-state index contributed by atoms with van der Waals surface area (Å²) < 4.78 is 0. The Balaban J connectivity index is 2.35. The lowest BCUT2D eigenvalue weighted by Crippen LogP contribution is -2.37. The van der Waals surface area contributed by atoms with E-state index < -0.39 is 0 Å². The molecule has 0 unspecified atom stereocenters. The Hall–Kier alpha value is -0.450. The maximum Gasteiger partial charge on any atom is 0.112 e. The van der Waals surface area contributed by atoms with E-state index in [0.717, 1.165) is 24.5 Å². The highest BCUT2D eigenvalue weighted by Gasteiger charge is 2.21. The molecule has 0 aliphatic rings. The minimum absolute atomic E-state index is 0.00189. The largest absolute Gasteiger partial charge is 0.320 e. The Morgan fingerprint density at radius 2 is 2.21 bits per heavy atom. The van der Waals surface area contributed by atoms with Crippen LogP contribution in [-0.2, 0) is 5.54 Å². The fourth-order valence-electron chi connectivity index (χ4n) is 1.27. The van der Waals surface area contributed by atoms with Crippen molar-refractivity contribution >= 4 is 11.3 Å². The van der Waals surface area contributed by atoms with Gasteiger partial charge in [-0.05, 0) is 40.4 Å². The van der Waals surface area contributed by atoms with Crippen LogP contribution in [0.15, 0.2) is 11.6 Å². The first-order valence-corrected chi connectivity index (χ1v) is 5.84. The molecule has 0 saturated carbocycles. The van der Waals surface area contributed by atoms with Crippen LogP contribution >= 0.6 is 11.3 Å². The quantitative estimate of drug-likeness (QED) is 0.704. The van der Waals surface area contributed by atoms with Gasteiger partial charge >= 0.3 is 0 Å². The van der Waals surface area contributed by atoms with Gasteiger partial charge < -0.3 is 10.6 Å². The Bertz CT molecular complexity index is 244. The van der Waals surface area contributed by atoms with Crippen LogP contribution in [0.5, 0.6) is 0 Å². The maximum absolute atomic E-state index is 4.33. The highest BCUT2D eigenvalue weighted by atomic mass is 32.1. The lowest BCUT2D eigenvalue weighted by atomic mass is 10.1. The van der Waals surface area contributed by atoms with Gasteiger partial charge in [0.25, 0.3) is 0 Å². The summed E-state index contributed by atoms with van der Waals surface area (Å²) in [7, 11) is 1.98. The number of hydrogen-bond acceptors (Lipinski definition) is 4. The maximum atomic E-state index is 4.33. The average molecular weight is 213 g/mol. The average Bonchev–Trinajstić information content (AvgIpc) is 2.65. The monoisotopic (exact) mass is 213 g/mol. The molecule has 2 N–H and O–H groups in total. The summed E-state index contributed by atoms with van der Waals surface area (Å²) in [4.78, 5) is 4.33. The molecule has 0 bridgehead atoms. The summed E-state index contributed by atoms with van der Waals surface area (Å²) >= 11 is 1.70. The van der Waals surface area contributed by atoms with Crippen molar-refractivity contribution in [1.82, 2.24) is 15.6 Å². The Morgan fingerprint density at radius 3 is 2.79 bits per heavy atom. The highest BCUT2D eigenvalue weighted by molar-refractivity contribution is 7.09. The van der Waals surface area contributed by atoms with E-state index in [-0.39, 0.29) is 5.54 Å². The van der Waals surface area contributed by atoms with Crippen LogP contribution in [0.3, 0.4) is 0 Å². The van der Waals surface area contributed by atoms with E-state index in [1.807, 2.05) is 18.6 Å². The van der Waals surface area contributed by atoms with Crippen LogP contribution in [0.25, 0.3) is 0 Å². The van der Waals surface area contributed by atoms with Crippen molar-refractivity contribution in [2.45, 2.75) is 25.8 Å². The Morgan fingerprint density at radius 1 is 1.43 bits per heavy atom. The molecule has 0 fully saturated rings. The number of rotatable bonds is 6. The van der Waals surface area contributed by atoms with E-state index in [0.29, 0.717) is 0 Å². The first kappa shape index (κ1) is 11.6. The van der Waals surface area contributed by atoms with E-state index in [4.69, 9.17) is 0 Å². The van der Waals surface area contributed by atoms with Crippen LogP contribution in [0, 0.1) is 0 Å². The van der Waals surface area contributed by atoms with Crippen LogP contribution in [0.4, 0.5) is 0 Å². The van der Waals surface area contributed by atoms with Crippen LogP contribution in [0.2, 0.25) is 0 Å². The zero-order valence-corrected chi connectivity index (χ0v) is 9.95. The van der Waals surface area contributed by atoms with Gasteiger partial charge in [-0.25, -0.2) is 4.98 Å². The molecule has 0 radical (unpaired) electrons. The molecule has 0 aromatic carbocycles. The van der Waals surface area contributed by atoms with Crippen molar-refractivity contribution in [1.29, 1.82) is 0 Å². The van der Waals surface area contributed by atoms with Gasteiger partial charge in [0.05, 0.1) is 5.54 Å². The lowest BCUT2D eigenvalue weighted by molar-refractivity contribution is 0.397. The normalized spacial score (nSPS) is 11.9. The molecular weight excluding hydrogens is 194 g/mol. The molecule has 0 aliphatic carbocycles. The molecule has 0 saturated heterocycles. The van der Waals surface area contributed by atoms with Crippen LogP contribution in [0.1, 0.15) is 25.3 Å². The summed E-state index contributed by atoms with van der Waals surface area (Å²) in [6.45, 7) is 6.42. The second kappa shape index (κ2) is 5.44. The van der Waals surface area contributed by atoms with E-state index >= 15 is 0 Å². The van der Waals surface area contributed by atoms with Crippen molar-refractivity contribution in [2.75, 3.05) is 20.1 Å². The minimum atomic E-state index is 0.00189. The van der Waals surface area contributed by atoms with E-state index in [2.05, 4.69) is 29.5 Å². The van der Waals surface area contributed by atoms with Crippen molar-refractivity contribution in [3.05, 3.63) is 16.6 Å². The third-order valence-corrected chi connectivity index (χ3v) is 3.23. The third kappa shape index (κ3) is 3.36. The van der Waals surface area contributed by atoms with Gasteiger partial charge in [0.2, 0.25) is 0 Å². The molecule has 4 heteroatoms. The van der Waals surface area contributed by atoms with Gasteiger partial charge in [0.15, 0.2) is 0 Å². The molecule has 3 nitrogen and oxygen atoms in total. The summed E-state index contributed by atoms with van der Waals surface area (Å²) in [6, 6.07) is 0. The molecule has 14 heavy (non-hydrogen) atoms. The molecule has 1 rings (SSSR count). The van der Waals surface area contributed by atoms with Gasteiger partial charge in [-0.1, -0.05) is 0 Å². The molecule has 0 spiro atoms. The fraction of sp³-hybridized carbons (Fsp3) is 0.700. The molecule has 0 aliphatic heterocycles. The molecule has 80 valence electrons. The minimum Gasteiger partial charge on any atom is -0.320 e. The summed E-state index contributed by atoms with van der Waals surface area (Å²) in [5.74, 6) is 0. The molecule has 1 aromatic heterocycles. The third-order valence-electron chi connectivity index (χ3n) is 2.14. The number of nitrogens with one attached hydrogen (secondary N) is 2. The standard InChI is InChI=1S/C10H19N3S/c1-10(2,9-12-7-8-14-9)13-6-4-5-11-3/h7-8,11,13H,4-6H2,1-3H3. The van der Waals surface area contributed by atoms with Gasteiger partial charge in [0.1, 0.15) is 5.01 Å². The fourth-order valence-corrected chi connectivity index (χ4v) is 2.01.